The lowest BCUT2D eigenvalue weighted by Gasteiger charge is -2.13. The largest absolute Gasteiger partial charge is 0.308 e. The molecular formula is C22H17ClN2O4S2. The van der Waals surface area contributed by atoms with Gasteiger partial charge in [-0.3, -0.25) is 18.9 Å². The van der Waals surface area contributed by atoms with E-state index in [2.05, 4.69) is 4.72 Å². The van der Waals surface area contributed by atoms with Crippen molar-refractivity contribution in [2.75, 3.05) is 4.72 Å². The highest BCUT2D eigenvalue weighted by molar-refractivity contribution is 7.92. The number of aryl methyl sites for hydroxylation is 1. The third-order valence-electron chi connectivity index (χ3n) is 4.77. The molecule has 158 valence electrons. The molecule has 0 radical (unpaired) electrons. The van der Waals surface area contributed by atoms with Crippen LogP contribution in [0, 0.1) is 0 Å². The predicted molar refractivity (Wildman–Crippen MR) is 124 cm³/mol. The quantitative estimate of drug-likeness (QED) is 0.410. The summed E-state index contributed by atoms with van der Waals surface area (Å²) in [5, 5.41) is 0.314. The summed E-state index contributed by atoms with van der Waals surface area (Å²) in [6, 6.07) is 17.5. The van der Waals surface area contributed by atoms with E-state index in [1.54, 1.807) is 41.0 Å². The molecule has 0 atom stereocenters. The highest BCUT2D eigenvalue weighted by Gasteiger charge is 2.21. The Kier molecular flexibility index (Phi) is 5.70. The Morgan fingerprint density at radius 3 is 2.52 bits per heavy atom. The second-order valence-corrected chi connectivity index (χ2v) is 9.84. The van der Waals surface area contributed by atoms with Crippen molar-refractivity contribution in [3.63, 3.8) is 0 Å². The van der Waals surface area contributed by atoms with E-state index in [1.807, 2.05) is 6.92 Å². The van der Waals surface area contributed by atoms with E-state index in [4.69, 9.17) is 11.6 Å². The zero-order chi connectivity index (χ0) is 22.2. The number of halogens is 1. The Morgan fingerprint density at radius 1 is 1.06 bits per heavy atom. The van der Waals surface area contributed by atoms with E-state index in [-0.39, 0.29) is 26.8 Å². The highest BCUT2D eigenvalue weighted by Crippen LogP contribution is 2.28. The lowest BCUT2D eigenvalue weighted by molar-refractivity contribution is 0.103. The van der Waals surface area contributed by atoms with Crippen molar-refractivity contribution >= 4 is 54.6 Å². The number of hydrogen-bond acceptors (Lipinski definition) is 5. The van der Waals surface area contributed by atoms with Gasteiger partial charge in [-0.2, -0.15) is 0 Å². The number of benzene rings is 3. The first kappa shape index (κ1) is 21.3. The summed E-state index contributed by atoms with van der Waals surface area (Å²) in [5.74, 6) is -0.352. The number of carbonyl (C=O) groups excluding carboxylic acids is 1. The minimum absolute atomic E-state index is 0.00226. The summed E-state index contributed by atoms with van der Waals surface area (Å²) in [6.07, 6.45) is 0. The van der Waals surface area contributed by atoms with E-state index in [0.717, 1.165) is 11.3 Å². The molecule has 0 aliphatic rings. The zero-order valence-electron chi connectivity index (χ0n) is 16.3. The van der Waals surface area contributed by atoms with E-state index in [9.17, 15) is 18.0 Å². The minimum Gasteiger partial charge on any atom is -0.299 e. The molecule has 0 amide bonds. The third kappa shape index (κ3) is 4.14. The van der Waals surface area contributed by atoms with Crippen molar-refractivity contribution in [1.29, 1.82) is 0 Å². The van der Waals surface area contributed by atoms with Crippen LogP contribution >= 0.6 is 22.9 Å². The molecule has 4 aromatic rings. The van der Waals surface area contributed by atoms with Crippen LogP contribution in [0.3, 0.4) is 0 Å². The molecule has 0 aliphatic carbocycles. The molecule has 0 saturated carbocycles. The summed E-state index contributed by atoms with van der Waals surface area (Å²) >= 11 is 7.06. The average Bonchev–Trinajstić information content (AvgIpc) is 3.09. The molecule has 0 aliphatic heterocycles. The van der Waals surface area contributed by atoms with Crippen LogP contribution in [0.15, 0.2) is 76.4 Å². The van der Waals surface area contributed by atoms with E-state index < -0.39 is 10.0 Å². The normalized spacial score (nSPS) is 11.5. The van der Waals surface area contributed by atoms with Crippen molar-refractivity contribution in [3.05, 3.63) is 92.5 Å². The highest BCUT2D eigenvalue weighted by atomic mass is 35.5. The molecule has 0 bridgehead atoms. The summed E-state index contributed by atoms with van der Waals surface area (Å²) in [4.78, 5) is 24.9. The molecule has 4 rings (SSSR count). The Hall–Kier alpha value is -2.94. The number of rotatable bonds is 6. The number of aromatic nitrogens is 1. The molecule has 3 aromatic carbocycles. The fraction of sp³-hybridized carbons (Fsp3) is 0.0909. The molecule has 9 heteroatoms. The number of nitrogens with zero attached hydrogens (tertiary/aromatic N) is 1. The van der Waals surface area contributed by atoms with Crippen molar-refractivity contribution < 1.29 is 13.2 Å². The Balaban J connectivity index is 1.74. The molecule has 1 aromatic heterocycles. The Labute approximate surface area is 187 Å². The van der Waals surface area contributed by atoms with Gasteiger partial charge in [0.25, 0.3) is 10.0 Å². The first-order valence-electron chi connectivity index (χ1n) is 9.35. The van der Waals surface area contributed by atoms with Gasteiger partial charge in [-0.15, -0.1) is 0 Å². The fourth-order valence-corrected chi connectivity index (χ4v) is 5.60. The molecule has 6 nitrogen and oxygen atoms in total. The maximum atomic E-state index is 13.1. The fourth-order valence-electron chi connectivity index (χ4n) is 3.26. The number of fused-ring (bicyclic) bond motifs is 1. The van der Waals surface area contributed by atoms with Crippen LogP contribution in [0.25, 0.3) is 10.2 Å². The number of anilines is 1. The second kappa shape index (κ2) is 8.30. The smallest absolute Gasteiger partial charge is 0.299 e. The molecule has 0 saturated heterocycles. The van der Waals surface area contributed by atoms with Crippen LogP contribution in [0.2, 0.25) is 5.02 Å². The molecule has 0 unspecified atom stereocenters. The SMILES string of the molecule is CCn1c(=O)sc2cc(S(=O)(=O)Nc3ccc(Cl)cc3C(=O)c3ccccc3)ccc21. The molecule has 0 fully saturated rings. The summed E-state index contributed by atoms with van der Waals surface area (Å²) < 4.78 is 30.8. The van der Waals surface area contributed by atoms with Gasteiger partial charge in [-0.1, -0.05) is 53.3 Å². The molecule has 1 N–H and O–H groups in total. The summed E-state index contributed by atoms with van der Waals surface area (Å²) in [5.41, 5.74) is 1.36. The van der Waals surface area contributed by atoms with Crippen LogP contribution < -0.4 is 9.60 Å². The van der Waals surface area contributed by atoms with Gasteiger partial charge >= 0.3 is 4.87 Å². The van der Waals surface area contributed by atoms with Gasteiger partial charge in [0.1, 0.15) is 0 Å². The van der Waals surface area contributed by atoms with Crippen molar-refractivity contribution in [2.24, 2.45) is 0 Å². The number of nitrogens with one attached hydrogen (secondary N) is 1. The van der Waals surface area contributed by atoms with Crippen molar-refractivity contribution in [3.8, 4) is 0 Å². The van der Waals surface area contributed by atoms with Crippen molar-refractivity contribution in [1.82, 2.24) is 4.57 Å². The number of hydrogen-bond donors (Lipinski definition) is 1. The second-order valence-electron chi connectivity index (χ2n) is 6.73. The molecule has 1 heterocycles. The standard InChI is InChI=1S/C22H17ClN2O4S2/c1-2-25-19-11-9-16(13-20(19)30-22(25)27)31(28,29)24-18-10-8-15(23)12-17(18)21(26)14-6-4-3-5-7-14/h3-13,24H,2H2,1H3. The van der Waals surface area contributed by atoms with Crippen molar-refractivity contribution in [2.45, 2.75) is 18.4 Å². The number of carbonyl (C=O) groups is 1. The monoisotopic (exact) mass is 472 g/mol. The number of sulfonamides is 1. The predicted octanol–water partition coefficient (Wildman–Crippen LogP) is 4.77. The number of ketones is 1. The summed E-state index contributed by atoms with van der Waals surface area (Å²) in [7, 11) is -4.02. The zero-order valence-corrected chi connectivity index (χ0v) is 18.7. The first-order chi connectivity index (χ1) is 14.8. The minimum atomic E-state index is -4.02. The topological polar surface area (TPSA) is 85.2 Å². The van der Waals surface area contributed by atoms with Gasteiger partial charge in [-0.25, -0.2) is 8.42 Å². The van der Waals surface area contributed by atoms with E-state index in [1.165, 1.54) is 30.3 Å². The van der Waals surface area contributed by atoms with Gasteiger partial charge in [0.2, 0.25) is 0 Å². The van der Waals surface area contributed by atoms with Crippen LogP contribution in [-0.2, 0) is 16.6 Å². The average molecular weight is 473 g/mol. The Bertz CT molecular complexity index is 1460. The van der Waals surface area contributed by atoms with Gasteiger partial charge in [0, 0.05) is 22.7 Å². The molecule has 31 heavy (non-hydrogen) atoms. The van der Waals surface area contributed by atoms with E-state index >= 15 is 0 Å². The van der Waals surface area contributed by atoms with Crippen LogP contribution in [0.5, 0.6) is 0 Å². The lowest BCUT2D eigenvalue weighted by Crippen LogP contribution is -2.16. The molecule has 0 spiro atoms. The van der Waals surface area contributed by atoms with Crippen LogP contribution in [0.4, 0.5) is 5.69 Å². The van der Waals surface area contributed by atoms with Crippen LogP contribution in [-0.4, -0.2) is 18.8 Å². The van der Waals surface area contributed by atoms with Gasteiger partial charge in [-0.05, 0) is 43.3 Å². The van der Waals surface area contributed by atoms with E-state index in [0.29, 0.717) is 27.3 Å². The van der Waals surface area contributed by atoms with Gasteiger partial charge in [0.05, 0.1) is 20.8 Å². The first-order valence-corrected chi connectivity index (χ1v) is 12.0. The molecular weight excluding hydrogens is 456 g/mol. The van der Waals surface area contributed by atoms with Crippen LogP contribution in [0.1, 0.15) is 22.8 Å². The summed E-state index contributed by atoms with van der Waals surface area (Å²) in [6.45, 7) is 2.35. The maximum Gasteiger partial charge on any atom is 0.308 e. The van der Waals surface area contributed by atoms with Gasteiger partial charge < -0.3 is 0 Å². The van der Waals surface area contributed by atoms with Gasteiger partial charge in [0.15, 0.2) is 5.78 Å². The Morgan fingerprint density at radius 2 is 1.81 bits per heavy atom. The lowest BCUT2D eigenvalue weighted by atomic mass is 10.0. The number of thiazole rings is 1. The maximum absolute atomic E-state index is 13.1. The third-order valence-corrected chi connectivity index (χ3v) is 7.31.